The normalized spacial score (nSPS) is 22.9. The Labute approximate surface area is 99.0 Å². The predicted molar refractivity (Wildman–Crippen MR) is 61.2 cm³/mol. The highest BCUT2D eigenvalue weighted by molar-refractivity contribution is 6.31. The fourth-order valence-electron chi connectivity index (χ4n) is 1.95. The number of aryl methyl sites for hydroxylation is 1. The number of ether oxygens (including phenoxy) is 1. The van der Waals surface area contributed by atoms with E-state index >= 15 is 0 Å². The highest BCUT2D eigenvalue weighted by Gasteiger charge is 2.45. The maximum atomic E-state index is 10.8. The molecular weight excluding hydrogens is 228 g/mol. The molecule has 16 heavy (non-hydrogen) atoms. The summed E-state index contributed by atoms with van der Waals surface area (Å²) in [5, 5.41) is 9.56. The summed E-state index contributed by atoms with van der Waals surface area (Å²) in [6.07, 6.45) is 0.672. The van der Waals surface area contributed by atoms with Crippen LogP contribution in [0.3, 0.4) is 0 Å². The van der Waals surface area contributed by atoms with Crippen molar-refractivity contribution in [1.29, 1.82) is 0 Å². The van der Waals surface area contributed by atoms with E-state index in [1.54, 1.807) is 7.11 Å². The Morgan fingerprint density at radius 2 is 2.25 bits per heavy atom. The van der Waals surface area contributed by atoms with Crippen molar-refractivity contribution >= 4 is 17.6 Å². The number of carboxylic acids is 1. The molecule has 1 aliphatic rings. The molecule has 1 fully saturated rings. The van der Waals surface area contributed by atoms with E-state index in [-0.39, 0.29) is 11.8 Å². The van der Waals surface area contributed by atoms with Gasteiger partial charge in [0, 0.05) is 10.9 Å². The van der Waals surface area contributed by atoms with Crippen molar-refractivity contribution in [2.45, 2.75) is 19.3 Å². The minimum absolute atomic E-state index is 0.0468. The lowest BCUT2D eigenvalue weighted by Gasteiger charge is -2.10. The minimum atomic E-state index is -0.747. The molecule has 0 aromatic heterocycles. The quantitative estimate of drug-likeness (QED) is 0.884. The molecule has 0 heterocycles. The van der Waals surface area contributed by atoms with Crippen LogP contribution in [0.5, 0.6) is 5.75 Å². The van der Waals surface area contributed by atoms with Crippen molar-refractivity contribution in [2.24, 2.45) is 5.92 Å². The number of carboxylic acid groups (broad SMARTS) is 1. The topological polar surface area (TPSA) is 46.5 Å². The first kappa shape index (κ1) is 11.3. The first-order valence-electron chi connectivity index (χ1n) is 5.11. The summed E-state index contributed by atoms with van der Waals surface area (Å²) >= 11 is 6.04. The average molecular weight is 241 g/mol. The standard InChI is InChI=1S/C12H13ClO3/c1-6-3-11(16-2)8(5-10(6)13)7-4-9(7)12(14)15/h3,5,7,9H,4H2,1-2H3,(H,14,15). The van der Waals surface area contributed by atoms with Crippen LogP contribution in [0.1, 0.15) is 23.5 Å². The first-order chi connectivity index (χ1) is 7.54. The van der Waals surface area contributed by atoms with E-state index in [9.17, 15) is 4.79 Å². The molecule has 4 heteroatoms. The zero-order chi connectivity index (χ0) is 11.9. The lowest BCUT2D eigenvalue weighted by Crippen LogP contribution is -2.00. The van der Waals surface area contributed by atoms with E-state index in [1.165, 1.54) is 0 Å². The zero-order valence-corrected chi connectivity index (χ0v) is 9.91. The zero-order valence-electron chi connectivity index (χ0n) is 9.16. The summed E-state index contributed by atoms with van der Waals surface area (Å²) in [7, 11) is 1.59. The Morgan fingerprint density at radius 1 is 1.56 bits per heavy atom. The summed E-state index contributed by atoms with van der Waals surface area (Å²) in [6, 6.07) is 3.68. The van der Waals surface area contributed by atoms with Crippen molar-refractivity contribution in [1.82, 2.24) is 0 Å². The summed E-state index contributed by atoms with van der Waals surface area (Å²) in [5.41, 5.74) is 1.85. The predicted octanol–water partition coefficient (Wildman–Crippen LogP) is 2.85. The van der Waals surface area contributed by atoms with Gasteiger partial charge >= 0.3 is 5.97 Å². The molecule has 0 spiro atoms. The van der Waals surface area contributed by atoms with Crippen molar-refractivity contribution in [3.05, 3.63) is 28.3 Å². The van der Waals surface area contributed by atoms with Gasteiger partial charge in [0.05, 0.1) is 13.0 Å². The van der Waals surface area contributed by atoms with Crippen molar-refractivity contribution in [3.8, 4) is 5.75 Å². The second-order valence-electron chi connectivity index (χ2n) is 4.13. The molecule has 0 radical (unpaired) electrons. The lowest BCUT2D eigenvalue weighted by molar-refractivity contribution is -0.138. The Kier molecular flexibility index (Phi) is 2.80. The number of aliphatic carboxylic acids is 1. The van der Waals surface area contributed by atoms with Crippen LogP contribution in [0.15, 0.2) is 12.1 Å². The Hall–Kier alpha value is -1.22. The Morgan fingerprint density at radius 3 is 2.75 bits per heavy atom. The van der Waals surface area contributed by atoms with Gasteiger partial charge in [0.2, 0.25) is 0 Å². The SMILES string of the molecule is COc1cc(C)c(Cl)cc1C1CC1C(=O)O. The van der Waals surface area contributed by atoms with Gasteiger partial charge in [0.15, 0.2) is 0 Å². The summed E-state index contributed by atoms with van der Waals surface area (Å²) < 4.78 is 5.26. The number of rotatable bonds is 3. The van der Waals surface area contributed by atoms with Gasteiger partial charge in [-0.25, -0.2) is 0 Å². The van der Waals surface area contributed by atoms with E-state index in [0.717, 1.165) is 16.9 Å². The van der Waals surface area contributed by atoms with Gasteiger partial charge in [-0.05, 0) is 36.6 Å². The fourth-order valence-corrected chi connectivity index (χ4v) is 2.12. The second-order valence-corrected chi connectivity index (χ2v) is 4.54. The summed E-state index contributed by atoms with van der Waals surface area (Å²) in [6.45, 7) is 1.90. The number of hydrogen-bond donors (Lipinski definition) is 1. The monoisotopic (exact) mass is 240 g/mol. The molecule has 1 aromatic carbocycles. The molecule has 2 unspecified atom stereocenters. The summed E-state index contributed by atoms with van der Waals surface area (Å²) in [4.78, 5) is 10.8. The first-order valence-corrected chi connectivity index (χ1v) is 5.49. The number of hydrogen-bond acceptors (Lipinski definition) is 2. The van der Waals surface area contributed by atoms with Crippen LogP contribution in [0.25, 0.3) is 0 Å². The third-order valence-electron chi connectivity index (χ3n) is 3.02. The van der Waals surface area contributed by atoms with Gasteiger partial charge in [-0.15, -0.1) is 0 Å². The maximum Gasteiger partial charge on any atom is 0.307 e. The smallest absolute Gasteiger partial charge is 0.307 e. The maximum absolute atomic E-state index is 10.8. The van der Waals surface area contributed by atoms with Gasteiger partial charge in [-0.3, -0.25) is 4.79 Å². The van der Waals surface area contributed by atoms with Crippen LogP contribution in [-0.4, -0.2) is 18.2 Å². The van der Waals surface area contributed by atoms with Crippen LogP contribution < -0.4 is 4.74 Å². The number of carbonyl (C=O) groups is 1. The molecule has 0 saturated heterocycles. The third kappa shape index (κ3) is 1.87. The van der Waals surface area contributed by atoms with Crippen LogP contribution >= 0.6 is 11.6 Å². The third-order valence-corrected chi connectivity index (χ3v) is 3.43. The van der Waals surface area contributed by atoms with Gasteiger partial charge in [-0.2, -0.15) is 0 Å². The Bertz CT molecular complexity index is 442. The summed E-state index contributed by atoms with van der Waals surface area (Å²) in [5.74, 6) is -0.252. The molecule has 3 nitrogen and oxygen atoms in total. The number of methoxy groups -OCH3 is 1. The highest BCUT2D eigenvalue weighted by Crippen LogP contribution is 2.51. The van der Waals surface area contributed by atoms with E-state index < -0.39 is 5.97 Å². The molecule has 0 amide bonds. The van der Waals surface area contributed by atoms with Gasteiger partial charge in [0.1, 0.15) is 5.75 Å². The van der Waals surface area contributed by atoms with E-state index in [2.05, 4.69) is 0 Å². The number of halogens is 1. The van der Waals surface area contributed by atoms with Crippen LogP contribution in [0.2, 0.25) is 5.02 Å². The molecule has 86 valence electrons. The van der Waals surface area contributed by atoms with Crippen LogP contribution in [-0.2, 0) is 4.79 Å². The van der Waals surface area contributed by atoms with Crippen LogP contribution in [0.4, 0.5) is 0 Å². The largest absolute Gasteiger partial charge is 0.496 e. The van der Waals surface area contributed by atoms with E-state index in [1.807, 2.05) is 19.1 Å². The molecule has 1 saturated carbocycles. The molecule has 0 aliphatic heterocycles. The lowest BCUT2D eigenvalue weighted by atomic mass is 10.1. The second kappa shape index (κ2) is 3.98. The molecule has 1 aromatic rings. The molecular formula is C12H13ClO3. The van der Waals surface area contributed by atoms with E-state index in [0.29, 0.717) is 11.4 Å². The molecule has 1 N–H and O–H groups in total. The Balaban J connectivity index is 2.34. The number of benzene rings is 1. The van der Waals surface area contributed by atoms with Gasteiger partial charge in [-0.1, -0.05) is 11.6 Å². The molecule has 0 bridgehead atoms. The molecule has 2 rings (SSSR count). The van der Waals surface area contributed by atoms with Gasteiger partial charge in [0.25, 0.3) is 0 Å². The van der Waals surface area contributed by atoms with Crippen LogP contribution in [0, 0.1) is 12.8 Å². The fraction of sp³-hybridized carbons (Fsp3) is 0.417. The van der Waals surface area contributed by atoms with Gasteiger partial charge < -0.3 is 9.84 Å². The van der Waals surface area contributed by atoms with E-state index in [4.69, 9.17) is 21.4 Å². The molecule has 2 atom stereocenters. The average Bonchev–Trinajstić information content (AvgIpc) is 3.01. The van der Waals surface area contributed by atoms with Crippen molar-refractivity contribution < 1.29 is 14.6 Å². The van der Waals surface area contributed by atoms with Crippen molar-refractivity contribution in [2.75, 3.05) is 7.11 Å². The highest BCUT2D eigenvalue weighted by atomic mass is 35.5. The molecule has 1 aliphatic carbocycles. The minimum Gasteiger partial charge on any atom is -0.496 e. The van der Waals surface area contributed by atoms with Crippen molar-refractivity contribution in [3.63, 3.8) is 0 Å².